The van der Waals surface area contributed by atoms with Gasteiger partial charge in [-0.3, -0.25) is 0 Å². The Balaban J connectivity index is 1.74. The van der Waals surface area contributed by atoms with Crippen LogP contribution < -0.4 is 5.32 Å². The number of aliphatic hydroxyl groups is 1. The highest BCUT2D eigenvalue weighted by Crippen LogP contribution is 2.36. The van der Waals surface area contributed by atoms with Crippen molar-refractivity contribution >= 4 is 0 Å². The number of piperidine rings is 1. The Labute approximate surface area is 125 Å². The summed E-state index contributed by atoms with van der Waals surface area (Å²) in [6.07, 6.45) is 6.97. The highest BCUT2D eigenvalue weighted by Gasteiger charge is 2.35. The number of hydrogen-bond acceptors (Lipinski definition) is 3. The average Bonchev–Trinajstić information content (AvgIpc) is 2.39. The Morgan fingerprint density at radius 1 is 1.15 bits per heavy atom. The van der Waals surface area contributed by atoms with Crippen LogP contribution in [-0.2, 0) is 0 Å². The van der Waals surface area contributed by atoms with Gasteiger partial charge in [0.15, 0.2) is 0 Å². The van der Waals surface area contributed by atoms with E-state index in [1.807, 2.05) is 0 Å². The quantitative estimate of drug-likeness (QED) is 0.813. The molecule has 0 radical (unpaired) electrons. The molecule has 1 aliphatic heterocycles. The second kappa shape index (κ2) is 7.24. The Kier molecular flexibility index (Phi) is 5.88. The molecule has 2 aliphatic rings. The summed E-state index contributed by atoms with van der Waals surface area (Å²) in [7, 11) is 2.19. The topological polar surface area (TPSA) is 35.5 Å². The first-order valence-corrected chi connectivity index (χ1v) is 8.60. The SMILES string of the molecule is CC(C)C1CCC(O)(CN(C)CC2CCNCC2)CC1. The number of nitrogens with zero attached hydrogens (tertiary/aromatic N) is 1. The minimum Gasteiger partial charge on any atom is -0.389 e. The second-order valence-electron chi connectivity index (χ2n) is 7.70. The number of hydrogen-bond donors (Lipinski definition) is 2. The van der Waals surface area contributed by atoms with Crippen LogP contribution >= 0.6 is 0 Å². The molecule has 0 atom stereocenters. The minimum absolute atomic E-state index is 0.424. The molecule has 1 aliphatic carbocycles. The van der Waals surface area contributed by atoms with E-state index in [-0.39, 0.29) is 0 Å². The van der Waals surface area contributed by atoms with Gasteiger partial charge in [-0.15, -0.1) is 0 Å². The van der Waals surface area contributed by atoms with E-state index in [0.29, 0.717) is 0 Å². The summed E-state index contributed by atoms with van der Waals surface area (Å²) < 4.78 is 0. The van der Waals surface area contributed by atoms with Gasteiger partial charge in [-0.05, 0) is 76.4 Å². The van der Waals surface area contributed by atoms with Crippen molar-refractivity contribution in [3.63, 3.8) is 0 Å². The second-order valence-corrected chi connectivity index (χ2v) is 7.70. The van der Waals surface area contributed by atoms with Crippen LogP contribution in [0.1, 0.15) is 52.4 Å². The highest BCUT2D eigenvalue weighted by molar-refractivity contribution is 4.89. The standard InChI is InChI=1S/C17H34N2O/c1-14(2)16-4-8-17(20,9-5-16)13-19(3)12-15-6-10-18-11-7-15/h14-16,18,20H,4-13H2,1-3H3. The van der Waals surface area contributed by atoms with Crippen LogP contribution in [0, 0.1) is 17.8 Å². The molecule has 1 saturated heterocycles. The molecule has 0 unspecified atom stereocenters. The molecule has 1 heterocycles. The van der Waals surface area contributed by atoms with Crippen molar-refractivity contribution in [3.05, 3.63) is 0 Å². The third kappa shape index (κ3) is 4.71. The first kappa shape index (κ1) is 16.3. The van der Waals surface area contributed by atoms with Crippen molar-refractivity contribution in [1.29, 1.82) is 0 Å². The molecule has 3 heteroatoms. The van der Waals surface area contributed by atoms with Crippen molar-refractivity contribution in [3.8, 4) is 0 Å². The summed E-state index contributed by atoms with van der Waals surface area (Å²) in [5, 5.41) is 14.2. The van der Waals surface area contributed by atoms with Gasteiger partial charge in [0.05, 0.1) is 5.60 Å². The lowest BCUT2D eigenvalue weighted by Crippen LogP contribution is -2.46. The van der Waals surface area contributed by atoms with Gasteiger partial charge in [-0.1, -0.05) is 13.8 Å². The van der Waals surface area contributed by atoms with E-state index >= 15 is 0 Å². The van der Waals surface area contributed by atoms with Crippen LogP contribution in [0.3, 0.4) is 0 Å². The van der Waals surface area contributed by atoms with Gasteiger partial charge in [0.1, 0.15) is 0 Å². The molecule has 2 fully saturated rings. The highest BCUT2D eigenvalue weighted by atomic mass is 16.3. The van der Waals surface area contributed by atoms with Crippen LogP contribution in [0.5, 0.6) is 0 Å². The molecular formula is C17H34N2O. The predicted octanol–water partition coefficient (Wildman–Crippen LogP) is 2.50. The fraction of sp³-hybridized carbons (Fsp3) is 1.00. The fourth-order valence-electron chi connectivity index (χ4n) is 4.07. The van der Waals surface area contributed by atoms with Crippen LogP contribution in [0.15, 0.2) is 0 Å². The minimum atomic E-state index is -0.424. The summed E-state index contributed by atoms with van der Waals surface area (Å²) in [6.45, 7) is 8.98. The molecule has 20 heavy (non-hydrogen) atoms. The van der Waals surface area contributed by atoms with E-state index in [0.717, 1.165) is 43.7 Å². The van der Waals surface area contributed by atoms with E-state index < -0.39 is 5.60 Å². The van der Waals surface area contributed by atoms with Gasteiger partial charge in [-0.25, -0.2) is 0 Å². The zero-order valence-electron chi connectivity index (χ0n) is 13.7. The number of likely N-dealkylation sites (N-methyl/N-ethyl adjacent to an activating group) is 1. The van der Waals surface area contributed by atoms with Crippen molar-refractivity contribution in [2.24, 2.45) is 17.8 Å². The maximum atomic E-state index is 10.8. The summed E-state index contributed by atoms with van der Waals surface area (Å²) in [4.78, 5) is 2.38. The van der Waals surface area contributed by atoms with Crippen LogP contribution in [-0.4, -0.2) is 48.8 Å². The molecule has 0 bridgehead atoms. The largest absolute Gasteiger partial charge is 0.389 e. The molecular weight excluding hydrogens is 248 g/mol. The van der Waals surface area contributed by atoms with E-state index in [9.17, 15) is 5.11 Å². The van der Waals surface area contributed by atoms with Crippen LogP contribution in [0.25, 0.3) is 0 Å². The molecule has 1 saturated carbocycles. The van der Waals surface area contributed by atoms with E-state index in [1.165, 1.54) is 38.8 Å². The zero-order valence-corrected chi connectivity index (χ0v) is 13.7. The molecule has 0 spiro atoms. The van der Waals surface area contributed by atoms with Crippen molar-refractivity contribution in [2.75, 3.05) is 33.2 Å². The summed E-state index contributed by atoms with van der Waals surface area (Å²) in [6, 6.07) is 0. The fourth-order valence-corrected chi connectivity index (χ4v) is 4.07. The van der Waals surface area contributed by atoms with Crippen LogP contribution in [0.2, 0.25) is 0 Å². The molecule has 0 aromatic carbocycles. The molecule has 2 N–H and O–H groups in total. The third-order valence-corrected chi connectivity index (χ3v) is 5.50. The average molecular weight is 282 g/mol. The monoisotopic (exact) mass is 282 g/mol. The van der Waals surface area contributed by atoms with Crippen LogP contribution in [0.4, 0.5) is 0 Å². The Morgan fingerprint density at radius 2 is 1.75 bits per heavy atom. The van der Waals surface area contributed by atoms with Gasteiger partial charge < -0.3 is 15.3 Å². The molecule has 3 nitrogen and oxygen atoms in total. The lowest BCUT2D eigenvalue weighted by Gasteiger charge is -2.40. The van der Waals surface area contributed by atoms with Gasteiger partial charge in [0, 0.05) is 13.1 Å². The maximum Gasteiger partial charge on any atom is 0.0774 e. The smallest absolute Gasteiger partial charge is 0.0774 e. The van der Waals surface area contributed by atoms with Gasteiger partial charge in [-0.2, -0.15) is 0 Å². The van der Waals surface area contributed by atoms with Crippen molar-refractivity contribution in [1.82, 2.24) is 10.2 Å². The van der Waals surface area contributed by atoms with Crippen molar-refractivity contribution < 1.29 is 5.11 Å². The third-order valence-electron chi connectivity index (χ3n) is 5.50. The first-order valence-electron chi connectivity index (χ1n) is 8.60. The van der Waals surface area contributed by atoms with Gasteiger partial charge in [0.25, 0.3) is 0 Å². The Morgan fingerprint density at radius 3 is 2.30 bits per heavy atom. The maximum absolute atomic E-state index is 10.8. The number of nitrogens with one attached hydrogen (secondary N) is 1. The number of rotatable bonds is 5. The Bertz CT molecular complexity index is 279. The molecule has 0 amide bonds. The van der Waals surface area contributed by atoms with Gasteiger partial charge in [0.2, 0.25) is 0 Å². The zero-order chi connectivity index (χ0) is 14.6. The molecule has 0 aromatic heterocycles. The van der Waals surface area contributed by atoms with E-state index in [4.69, 9.17) is 0 Å². The summed E-state index contributed by atoms with van der Waals surface area (Å²) in [5.41, 5.74) is -0.424. The first-order chi connectivity index (χ1) is 9.48. The normalized spacial score (nSPS) is 33.0. The molecule has 2 rings (SSSR count). The lowest BCUT2D eigenvalue weighted by molar-refractivity contribution is -0.0390. The van der Waals surface area contributed by atoms with E-state index in [1.54, 1.807) is 0 Å². The predicted molar refractivity (Wildman–Crippen MR) is 84.8 cm³/mol. The molecule has 118 valence electrons. The summed E-state index contributed by atoms with van der Waals surface area (Å²) >= 11 is 0. The lowest BCUT2D eigenvalue weighted by atomic mass is 9.74. The Hall–Kier alpha value is -0.120. The summed E-state index contributed by atoms with van der Waals surface area (Å²) in [5.74, 6) is 2.41. The molecule has 0 aromatic rings. The van der Waals surface area contributed by atoms with Gasteiger partial charge >= 0.3 is 0 Å². The van der Waals surface area contributed by atoms with E-state index in [2.05, 4.69) is 31.1 Å². The van der Waals surface area contributed by atoms with Crippen molar-refractivity contribution in [2.45, 2.75) is 58.0 Å².